The molecule has 0 saturated heterocycles. The predicted octanol–water partition coefficient (Wildman–Crippen LogP) is 6.73. The number of aromatic nitrogens is 3. The molecule has 1 radical (unpaired) electrons. The first kappa shape index (κ1) is 24.0. The minimum absolute atomic E-state index is 0. The largest absolute Gasteiger partial charge is 0.517 e. The van der Waals surface area contributed by atoms with Crippen molar-refractivity contribution in [2.75, 3.05) is 0 Å². The van der Waals surface area contributed by atoms with E-state index in [-0.39, 0.29) is 20.1 Å². The van der Waals surface area contributed by atoms with E-state index < -0.39 is 0 Å². The molecule has 0 saturated carbocycles. The Labute approximate surface area is 213 Å². The summed E-state index contributed by atoms with van der Waals surface area (Å²) in [6.07, 6.45) is 9.96. The summed E-state index contributed by atoms with van der Waals surface area (Å²) in [7, 11) is 0. The third-order valence-electron chi connectivity index (χ3n) is 6.05. The Kier molecular flexibility index (Phi) is 7.66. The molecule has 5 heteroatoms. The molecule has 0 bridgehead atoms. The monoisotopic (exact) mass is 624 g/mol. The van der Waals surface area contributed by atoms with Crippen LogP contribution in [0.2, 0.25) is 0 Å². The molecule has 4 heterocycles. The molecule has 0 atom stereocenters. The fourth-order valence-electron chi connectivity index (χ4n) is 4.11. The van der Waals surface area contributed by atoms with Gasteiger partial charge in [-0.15, -0.1) is 41.5 Å². The first-order valence-electron chi connectivity index (χ1n) is 11.3. The summed E-state index contributed by atoms with van der Waals surface area (Å²) in [6.45, 7) is 4.18. The molecule has 0 aliphatic heterocycles. The molecule has 0 fully saturated rings. The second kappa shape index (κ2) is 10.9. The van der Waals surface area contributed by atoms with Crippen molar-refractivity contribution in [2.45, 2.75) is 39.5 Å². The van der Waals surface area contributed by atoms with Crippen molar-refractivity contribution in [1.82, 2.24) is 15.0 Å². The quantitative estimate of drug-likeness (QED) is 0.205. The zero-order chi connectivity index (χ0) is 22.6. The van der Waals surface area contributed by atoms with Crippen LogP contribution in [-0.4, -0.2) is 15.0 Å². The summed E-state index contributed by atoms with van der Waals surface area (Å²) in [4.78, 5) is 13.3. The molecule has 1 aromatic carbocycles. The van der Waals surface area contributed by atoms with Gasteiger partial charge in [0.25, 0.3) is 0 Å². The maximum Gasteiger partial charge on any atom is 0.0915 e. The van der Waals surface area contributed by atoms with Crippen molar-refractivity contribution in [1.29, 1.82) is 0 Å². The Morgan fingerprint density at radius 2 is 1.71 bits per heavy atom. The number of pyridine rings is 3. The molecule has 6 rings (SSSR count). The van der Waals surface area contributed by atoms with Gasteiger partial charge in [0.1, 0.15) is 0 Å². The average molecular weight is 624 g/mol. The predicted molar refractivity (Wildman–Crippen MR) is 131 cm³/mol. The molecular weight excluding hydrogens is 599 g/mol. The van der Waals surface area contributed by atoms with Gasteiger partial charge in [-0.2, -0.15) is 6.07 Å². The van der Waals surface area contributed by atoms with Crippen molar-refractivity contribution in [3.05, 3.63) is 102 Å². The topological polar surface area (TPSA) is 51.8 Å². The maximum absolute atomic E-state index is 6.11. The van der Waals surface area contributed by atoms with E-state index in [1.165, 1.54) is 29.5 Å². The van der Waals surface area contributed by atoms with Crippen molar-refractivity contribution in [2.24, 2.45) is 0 Å². The minimum Gasteiger partial charge on any atom is -0.517 e. The molecule has 0 amide bonds. The van der Waals surface area contributed by atoms with Gasteiger partial charge in [-0.05, 0) is 62.3 Å². The van der Waals surface area contributed by atoms with Crippen LogP contribution in [0.5, 0.6) is 0 Å². The van der Waals surface area contributed by atoms with Crippen LogP contribution >= 0.6 is 0 Å². The van der Waals surface area contributed by atoms with Gasteiger partial charge in [-0.3, -0.25) is 4.98 Å². The third-order valence-corrected chi connectivity index (χ3v) is 6.05. The molecule has 34 heavy (non-hydrogen) atoms. The van der Waals surface area contributed by atoms with Gasteiger partial charge < -0.3 is 14.4 Å². The standard InChI is InChI=1S/C18H17N2O.C11H8N.Ir/c1-11-9-15(20-10-12(11)2)13-7-8-19-17-14-5-3-4-6-16(14)21-18(13)17;1-2-6-10(7-3-1)11-8-4-5-9-12-11;/h8-10H,3-6H2,1-2H3;1-6,8-9H;/q2*-1;. The fraction of sp³-hybridized carbons (Fsp3) is 0.207. The molecule has 1 aliphatic carbocycles. The van der Waals surface area contributed by atoms with Crippen LogP contribution in [0.4, 0.5) is 0 Å². The molecule has 4 nitrogen and oxygen atoms in total. The summed E-state index contributed by atoms with van der Waals surface area (Å²) in [5.74, 6) is 1.11. The first-order chi connectivity index (χ1) is 16.2. The number of fused-ring (bicyclic) bond motifs is 3. The minimum atomic E-state index is 0. The molecule has 0 N–H and O–H groups in total. The van der Waals surface area contributed by atoms with Crippen LogP contribution in [0.15, 0.2) is 71.5 Å². The van der Waals surface area contributed by atoms with Gasteiger partial charge in [0, 0.05) is 50.1 Å². The first-order valence-corrected chi connectivity index (χ1v) is 11.3. The molecular formula is C29H25IrN3O-2. The van der Waals surface area contributed by atoms with Crippen molar-refractivity contribution in [3.8, 4) is 22.5 Å². The summed E-state index contributed by atoms with van der Waals surface area (Å²) in [5, 5.41) is 0. The zero-order valence-electron chi connectivity index (χ0n) is 19.3. The van der Waals surface area contributed by atoms with Gasteiger partial charge in [0.2, 0.25) is 0 Å². The maximum atomic E-state index is 6.11. The molecule has 4 aromatic heterocycles. The second-order valence-electron chi connectivity index (χ2n) is 8.31. The van der Waals surface area contributed by atoms with Gasteiger partial charge in [-0.1, -0.05) is 23.8 Å². The van der Waals surface area contributed by atoms with E-state index in [1.807, 2.05) is 48.7 Å². The van der Waals surface area contributed by atoms with E-state index >= 15 is 0 Å². The number of nitrogens with zero attached hydrogens (tertiary/aromatic N) is 3. The van der Waals surface area contributed by atoms with Crippen LogP contribution in [0.1, 0.15) is 35.3 Å². The molecule has 173 valence electrons. The smallest absolute Gasteiger partial charge is 0.0915 e. The molecule has 1 aliphatic rings. The SMILES string of the molecule is Cc1cnc(-c2[c-]cnc3c4c(oc23)CCCC4)cc1C.[Ir].[c-]1ccccc1-c1ccccn1. The number of rotatable bonds is 2. The van der Waals surface area contributed by atoms with Crippen LogP contribution in [0, 0.1) is 26.0 Å². The van der Waals surface area contributed by atoms with E-state index in [2.05, 4.69) is 47.0 Å². The summed E-state index contributed by atoms with van der Waals surface area (Å²) in [5.41, 5.74) is 9.41. The summed E-state index contributed by atoms with van der Waals surface area (Å²) < 4.78 is 6.11. The number of furan rings is 1. The van der Waals surface area contributed by atoms with Crippen LogP contribution in [0.25, 0.3) is 33.6 Å². The Morgan fingerprint density at radius 3 is 2.47 bits per heavy atom. The Morgan fingerprint density at radius 1 is 0.853 bits per heavy atom. The molecule has 0 unspecified atom stereocenters. The number of hydrogen-bond acceptors (Lipinski definition) is 4. The van der Waals surface area contributed by atoms with Crippen molar-refractivity contribution >= 4 is 11.1 Å². The summed E-state index contributed by atoms with van der Waals surface area (Å²) in [6, 6.07) is 22.1. The molecule has 0 spiro atoms. The van der Waals surface area contributed by atoms with Crippen molar-refractivity contribution < 1.29 is 24.5 Å². The average Bonchev–Trinajstić information content (AvgIpc) is 3.26. The van der Waals surface area contributed by atoms with E-state index in [4.69, 9.17) is 4.42 Å². The Bertz CT molecular complexity index is 1340. The number of benzene rings is 1. The zero-order valence-corrected chi connectivity index (χ0v) is 21.7. The molecule has 5 aromatic rings. The van der Waals surface area contributed by atoms with Crippen LogP contribution < -0.4 is 0 Å². The van der Waals surface area contributed by atoms with E-state index in [0.717, 1.165) is 52.2 Å². The summed E-state index contributed by atoms with van der Waals surface area (Å²) >= 11 is 0. The fourth-order valence-corrected chi connectivity index (χ4v) is 4.11. The Hall–Kier alpha value is -3.14. The normalized spacial score (nSPS) is 12.3. The van der Waals surface area contributed by atoms with Gasteiger partial charge >= 0.3 is 0 Å². The van der Waals surface area contributed by atoms with E-state index in [1.54, 1.807) is 12.4 Å². The van der Waals surface area contributed by atoms with Gasteiger partial charge in [0.15, 0.2) is 0 Å². The van der Waals surface area contributed by atoms with E-state index in [9.17, 15) is 0 Å². The number of aryl methyl sites for hydroxylation is 4. The third kappa shape index (κ3) is 5.01. The van der Waals surface area contributed by atoms with E-state index in [0.29, 0.717) is 0 Å². The van der Waals surface area contributed by atoms with Crippen LogP contribution in [0.3, 0.4) is 0 Å². The van der Waals surface area contributed by atoms with Crippen LogP contribution in [-0.2, 0) is 32.9 Å². The van der Waals surface area contributed by atoms with Gasteiger partial charge in [0.05, 0.1) is 11.3 Å². The second-order valence-corrected chi connectivity index (χ2v) is 8.31. The van der Waals surface area contributed by atoms with Gasteiger partial charge in [-0.25, -0.2) is 0 Å². The van der Waals surface area contributed by atoms with Crippen molar-refractivity contribution in [3.63, 3.8) is 0 Å². The Balaban J connectivity index is 0.000000180. The number of hydrogen-bond donors (Lipinski definition) is 0.